The van der Waals surface area contributed by atoms with Gasteiger partial charge in [-0.3, -0.25) is 9.40 Å². The summed E-state index contributed by atoms with van der Waals surface area (Å²) >= 11 is 12.6. The molecular weight excluding hydrogens is 319 g/mol. The molecule has 0 fully saturated rings. The Morgan fingerprint density at radius 3 is 2.59 bits per heavy atom. The fraction of sp³-hybridized carbons (Fsp3) is 0.0625. The maximum Gasteiger partial charge on any atom is 0.0744 e. The molecule has 0 unspecified atom stereocenters. The normalized spacial score (nSPS) is 10.5. The molecule has 3 aromatic rings. The summed E-state index contributed by atoms with van der Waals surface area (Å²) in [6.45, 7) is 0.467. The zero-order valence-electron chi connectivity index (χ0n) is 11.5. The van der Waals surface area contributed by atoms with Gasteiger partial charge in [0.05, 0.1) is 30.3 Å². The third-order valence-electron chi connectivity index (χ3n) is 3.17. The van der Waals surface area contributed by atoms with Crippen molar-refractivity contribution in [1.82, 2.24) is 15.2 Å². The molecule has 0 aliphatic heterocycles. The van der Waals surface area contributed by atoms with Gasteiger partial charge in [-0.15, -0.1) is 0 Å². The van der Waals surface area contributed by atoms with E-state index in [9.17, 15) is 0 Å². The van der Waals surface area contributed by atoms with Crippen molar-refractivity contribution >= 4 is 29.1 Å². The predicted octanol–water partition coefficient (Wildman–Crippen LogP) is 4.35. The van der Waals surface area contributed by atoms with E-state index in [1.807, 2.05) is 36.4 Å². The number of hydrogen-bond donors (Lipinski definition) is 0. The zero-order valence-corrected chi connectivity index (χ0v) is 13.0. The van der Waals surface area contributed by atoms with Crippen molar-refractivity contribution in [3.8, 4) is 11.3 Å². The van der Waals surface area contributed by atoms with Crippen LogP contribution in [0.2, 0.25) is 5.02 Å². The van der Waals surface area contributed by atoms with E-state index in [0.717, 1.165) is 22.5 Å². The van der Waals surface area contributed by atoms with Crippen LogP contribution in [0.25, 0.3) is 11.3 Å². The van der Waals surface area contributed by atoms with Gasteiger partial charge in [-0.1, -0.05) is 29.8 Å². The molecule has 1 aromatic carbocycles. The number of aromatic nitrogens is 3. The molecule has 110 valence electrons. The van der Waals surface area contributed by atoms with E-state index in [0.29, 0.717) is 11.6 Å². The Balaban J connectivity index is 1.81. The second-order valence-electron chi connectivity index (χ2n) is 4.64. The molecular formula is C16H12Cl2N4. The molecule has 0 saturated carbocycles. The first-order chi connectivity index (χ1) is 10.7. The number of halogens is 2. The molecule has 22 heavy (non-hydrogen) atoms. The number of pyridine rings is 1. The second kappa shape index (κ2) is 6.73. The van der Waals surface area contributed by atoms with Crippen molar-refractivity contribution in [2.24, 2.45) is 0 Å². The molecule has 0 aliphatic carbocycles. The highest BCUT2D eigenvalue weighted by Gasteiger charge is 2.09. The van der Waals surface area contributed by atoms with Crippen molar-refractivity contribution in [3.05, 3.63) is 71.6 Å². The largest absolute Gasteiger partial charge is 0.279 e. The van der Waals surface area contributed by atoms with Gasteiger partial charge in [0, 0.05) is 28.6 Å². The number of anilines is 1. The van der Waals surface area contributed by atoms with Crippen LogP contribution >= 0.6 is 23.4 Å². The molecule has 0 radical (unpaired) electrons. The third kappa shape index (κ3) is 3.35. The van der Waals surface area contributed by atoms with Crippen LogP contribution in [-0.2, 0) is 6.54 Å². The van der Waals surface area contributed by atoms with Crippen LogP contribution in [-0.4, -0.2) is 15.2 Å². The molecule has 0 N–H and O–H groups in total. The monoisotopic (exact) mass is 330 g/mol. The second-order valence-corrected chi connectivity index (χ2v) is 5.46. The molecule has 2 aromatic heterocycles. The van der Waals surface area contributed by atoms with Gasteiger partial charge < -0.3 is 0 Å². The molecule has 0 spiro atoms. The predicted molar refractivity (Wildman–Crippen MR) is 88.8 cm³/mol. The molecule has 0 aliphatic rings. The molecule has 2 heterocycles. The van der Waals surface area contributed by atoms with Crippen molar-refractivity contribution < 1.29 is 0 Å². The lowest BCUT2D eigenvalue weighted by Crippen LogP contribution is -2.10. The van der Waals surface area contributed by atoms with Crippen LogP contribution in [0.15, 0.2) is 61.1 Å². The molecule has 0 bridgehead atoms. The Morgan fingerprint density at radius 1 is 1.00 bits per heavy atom. The first-order valence-electron chi connectivity index (χ1n) is 6.64. The Kier molecular flexibility index (Phi) is 4.51. The van der Waals surface area contributed by atoms with Crippen molar-refractivity contribution in [2.45, 2.75) is 6.54 Å². The van der Waals surface area contributed by atoms with Gasteiger partial charge in [0.15, 0.2) is 0 Å². The van der Waals surface area contributed by atoms with Gasteiger partial charge in [0.1, 0.15) is 0 Å². The number of benzene rings is 1. The lowest BCUT2D eigenvalue weighted by atomic mass is 10.1. The Morgan fingerprint density at radius 2 is 1.91 bits per heavy atom. The average Bonchev–Trinajstić information content (AvgIpc) is 2.58. The smallest absolute Gasteiger partial charge is 0.0744 e. The lowest BCUT2D eigenvalue weighted by Gasteiger charge is -2.16. The van der Waals surface area contributed by atoms with Gasteiger partial charge in [-0.25, -0.2) is 0 Å². The topological polar surface area (TPSA) is 41.9 Å². The van der Waals surface area contributed by atoms with E-state index in [-0.39, 0.29) is 0 Å². The minimum absolute atomic E-state index is 0.467. The molecule has 4 nitrogen and oxygen atoms in total. The molecule has 3 rings (SSSR count). The van der Waals surface area contributed by atoms with Gasteiger partial charge in [-0.2, -0.15) is 10.2 Å². The van der Waals surface area contributed by atoms with Crippen LogP contribution in [0.1, 0.15) is 5.56 Å². The molecule has 0 amide bonds. The van der Waals surface area contributed by atoms with Crippen molar-refractivity contribution in [1.29, 1.82) is 0 Å². The standard InChI is InChI=1S/C16H12Cl2N4/c17-15-9-12(16-3-1-2-7-19-16)4-5-13(15)11-22(18)14-6-8-20-21-10-14/h1-10H,11H2. The summed E-state index contributed by atoms with van der Waals surface area (Å²) in [5, 5.41) is 8.18. The van der Waals surface area contributed by atoms with E-state index < -0.39 is 0 Å². The van der Waals surface area contributed by atoms with E-state index in [1.54, 1.807) is 29.1 Å². The van der Waals surface area contributed by atoms with Gasteiger partial charge >= 0.3 is 0 Å². The highest BCUT2D eigenvalue weighted by Crippen LogP contribution is 2.27. The summed E-state index contributed by atoms with van der Waals surface area (Å²) < 4.78 is 1.55. The Hall–Kier alpha value is -2.17. The van der Waals surface area contributed by atoms with E-state index >= 15 is 0 Å². The maximum absolute atomic E-state index is 6.37. The number of rotatable bonds is 4. The van der Waals surface area contributed by atoms with Gasteiger partial charge in [0.2, 0.25) is 0 Å². The first-order valence-corrected chi connectivity index (χ1v) is 7.35. The molecule has 0 saturated heterocycles. The summed E-state index contributed by atoms with van der Waals surface area (Å²) in [6.07, 6.45) is 4.95. The summed E-state index contributed by atoms with van der Waals surface area (Å²) in [6, 6.07) is 13.4. The molecule has 0 atom stereocenters. The highest BCUT2D eigenvalue weighted by molar-refractivity contribution is 6.32. The van der Waals surface area contributed by atoms with Gasteiger partial charge in [0.25, 0.3) is 0 Å². The van der Waals surface area contributed by atoms with Gasteiger partial charge in [-0.05, 0) is 29.8 Å². The van der Waals surface area contributed by atoms with Crippen LogP contribution in [0.5, 0.6) is 0 Å². The fourth-order valence-electron chi connectivity index (χ4n) is 2.04. The Labute approximate surface area is 138 Å². The average molecular weight is 331 g/mol. The number of hydrogen-bond acceptors (Lipinski definition) is 4. The lowest BCUT2D eigenvalue weighted by molar-refractivity contribution is 0.987. The number of nitrogens with zero attached hydrogens (tertiary/aromatic N) is 4. The van der Waals surface area contributed by atoms with E-state index in [4.69, 9.17) is 23.4 Å². The first kappa shape index (κ1) is 14.8. The quantitative estimate of drug-likeness (QED) is 0.667. The minimum Gasteiger partial charge on any atom is -0.279 e. The summed E-state index contributed by atoms with van der Waals surface area (Å²) in [7, 11) is 0. The van der Waals surface area contributed by atoms with Crippen molar-refractivity contribution in [2.75, 3.05) is 4.42 Å². The highest BCUT2D eigenvalue weighted by atomic mass is 35.5. The SMILES string of the molecule is Clc1cc(-c2ccccn2)ccc1CN(Cl)c1ccnnc1. The molecule has 6 heteroatoms. The van der Waals surface area contributed by atoms with Crippen LogP contribution in [0.3, 0.4) is 0 Å². The maximum atomic E-state index is 6.37. The van der Waals surface area contributed by atoms with Crippen molar-refractivity contribution in [3.63, 3.8) is 0 Å². The van der Waals surface area contributed by atoms with Crippen LogP contribution in [0.4, 0.5) is 5.69 Å². The summed E-state index contributed by atoms with van der Waals surface area (Å²) in [5.74, 6) is 0. The van der Waals surface area contributed by atoms with Crippen LogP contribution < -0.4 is 4.42 Å². The zero-order chi connectivity index (χ0) is 15.4. The minimum atomic E-state index is 0.467. The van der Waals surface area contributed by atoms with E-state index in [1.165, 1.54) is 0 Å². The third-order valence-corrected chi connectivity index (χ3v) is 3.84. The van der Waals surface area contributed by atoms with E-state index in [2.05, 4.69) is 15.2 Å². The summed E-state index contributed by atoms with van der Waals surface area (Å²) in [4.78, 5) is 4.32. The summed E-state index contributed by atoms with van der Waals surface area (Å²) in [5.41, 5.74) is 3.55. The van der Waals surface area contributed by atoms with Crippen LogP contribution in [0, 0.1) is 0 Å². The fourth-order valence-corrected chi connectivity index (χ4v) is 2.51. The Bertz CT molecular complexity index is 751.